The summed E-state index contributed by atoms with van der Waals surface area (Å²) < 4.78 is 5.41. The van der Waals surface area contributed by atoms with Crippen LogP contribution in [0.1, 0.15) is 37.8 Å². The third-order valence-electron chi connectivity index (χ3n) is 4.96. The van der Waals surface area contributed by atoms with Crippen LogP contribution in [0.3, 0.4) is 0 Å². The molecule has 1 amide bonds. The van der Waals surface area contributed by atoms with Crippen LogP contribution in [0.2, 0.25) is 0 Å². The molecule has 1 fully saturated rings. The van der Waals surface area contributed by atoms with Crippen LogP contribution in [0.4, 0.5) is 0 Å². The molecule has 134 valence electrons. The lowest BCUT2D eigenvalue weighted by molar-refractivity contribution is -0.134. The maximum Gasteiger partial charge on any atom is 0.227 e. The van der Waals surface area contributed by atoms with E-state index in [9.17, 15) is 4.79 Å². The predicted molar refractivity (Wildman–Crippen MR) is 97.9 cm³/mol. The van der Waals surface area contributed by atoms with Gasteiger partial charge < -0.3 is 14.7 Å². The average molecular weight is 341 g/mol. The van der Waals surface area contributed by atoms with Crippen molar-refractivity contribution in [1.29, 1.82) is 0 Å². The van der Waals surface area contributed by atoms with E-state index < -0.39 is 0 Å². The van der Waals surface area contributed by atoms with E-state index in [1.807, 2.05) is 50.5 Å². The molecule has 0 radical (unpaired) electrons. The standard InChI is InChI=1S/C20H27N3O2/c1-23(2)15-20(11-7-4-8-12-20)19(24)21-14-17-13-18(25-22-17)16-9-5-3-6-10-16/h3,5-6,9-10,13H,4,7-8,11-12,14-15H2,1-2H3,(H,21,24). The van der Waals surface area contributed by atoms with Gasteiger partial charge in [0.25, 0.3) is 0 Å². The number of nitrogens with one attached hydrogen (secondary N) is 1. The number of carbonyl (C=O) groups is 1. The fourth-order valence-electron chi connectivity index (χ4n) is 3.78. The Morgan fingerprint density at radius 2 is 1.92 bits per heavy atom. The highest BCUT2D eigenvalue weighted by Gasteiger charge is 2.39. The second-order valence-corrected chi connectivity index (χ2v) is 7.31. The summed E-state index contributed by atoms with van der Waals surface area (Å²) in [5.74, 6) is 0.871. The molecular formula is C20H27N3O2. The smallest absolute Gasteiger partial charge is 0.227 e. The van der Waals surface area contributed by atoms with Gasteiger partial charge in [-0.25, -0.2) is 0 Å². The third-order valence-corrected chi connectivity index (χ3v) is 4.96. The zero-order valence-corrected chi connectivity index (χ0v) is 15.1. The van der Waals surface area contributed by atoms with E-state index in [0.29, 0.717) is 6.54 Å². The molecule has 1 aromatic heterocycles. The lowest BCUT2D eigenvalue weighted by Crippen LogP contribution is -2.48. The molecule has 0 spiro atoms. The van der Waals surface area contributed by atoms with E-state index in [-0.39, 0.29) is 11.3 Å². The highest BCUT2D eigenvalue weighted by Crippen LogP contribution is 2.37. The Morgan fingerprint density at radius 1 is 1.20 bits per heavy atom. The minimum absolute atomic E-state index is 0.144. The topological polar surface area (TPSA) is 58.4 Å². The van der Waals surface area contributed by atoms with Gasteiger partial charge >= 0.3 is 0 Å². The van der Waals surface area contributed by atoms with E-state index in [1.54, 1.807) is 0 Å². The van der Waals surface area contributed by atoms with E-state index in [2.05, 4.69) is 15.4 Å². The molecule has 0 unspecified atom stereocenters. The Bertz CT molecular complexity index is 688. The molecule has 1 aliphatic rings. The van der Waals surface area contributed by atoms with Gasteiger partial charge in [0.05, 0.1) is 12.0 Å². The normalized spacial score (nSPS) is 16.8. The van der Waals surface area contributed by atoms with Crippen LogP contribution in [0.5, 0.6) is 0 Å². The first-order chi connectivity index (χ1) is 12.1. The van der Waals surface area contributed by atoms with E-state index in [1.165, 1.54) is 6.42 Å². The van der Waals surface area contributed by atoms with Gasteiger partial charge in [0.2, 0.25) is 5.91 Å². The zero-order valence-electron chi connectivity index (χ0n) is 15.1. The molecule has 25 heavy (non-hydrogen) atoms. The summed E-state index contributed by atoms with van der Waals surface area (Å²) in [6.07, 6.45) is 5.41. The molecule has 1 N–H and O–H groups in total. The Kier molecular flexibility index (Phi) is 5.53. The first-order valence-corrected chi connectivity index (χ1v) is 9.03. The molecule has 1 heterocycles. The van der Waals surface area contributed by atoms with E-state index in [0.717, 1.165) is 49.2 Å². The fourth-order valence-corrected chi connectivity index (χ4v) is 3.78. The number of rotatable bonds is 6. The summed E-state index contributed by atoms with van der Waals surface area (Å²) in [7, 11) is 4.07. The molecule has 1 aliphatic carbocycles. The lowest BCUT2D eigenvalue weighted by Gasteiger charge is -2.37. The van der Waals surface area contributed by atoms with Crippen LogP contribution >= 0.6 is 0 Å². The number of nitrogens with zero attached hydrogens (tertiary/aromatic N) is 2. The molecule has 0 atom stereocenters. The number of benzene rings is 1. The summed E-state index contributed by atoms with van der Waals surface area (Å²) in [4.78, 5) is 15.0. The van der Waals surface area contributed by atoms with Gasteiger partial charge in [0.15, 0.2) is 5.76 Å². The van der Waals surface area contributed by atoms with Crippen LogP contribution in [-0.4, -0.2) is 36.6 Å². The summed E-state index contributed by atoms with van der Waals surface area (Å²) in [6.45, 7) is 1.21. The molecule has 1 aromatic carbocycles. The van der Waals surface area contributed by atoms with Crippen LogP contribution in [0.15, 0.2) is 40.9 Å². The third kappa shape index (κ3) is 4.28. The highest BCUT2D eigenvalue weighted by molar-refractivity contribution is 5.83. The van der Waals surface area contributed by atoms with Crippen LogP contribution in [0.25, 0.3) is 11.3 Å². The second-order valence-electron chi connectivity index (χ2n) is 7.31. The minimum Gasteiger partial charge on any atom is -0.356 e. The Hall–Kier alpha value is -2.14. The van der Waals surface area contributed by atoms with E-state index in [4.69, 9.17) is 4.52 Å². The molecule has 3 rings (SSSR count). The number of amides is 1. The van der Waals surface area contributed by atoms with Crippen molar-refractivity contribution in [3.63, 3.8) is 0 Å². The molecule has 5 heteroatoms. The van der Waals surface area contributed by atoms with Gasteiger partial charge in [-0.1, -0.05) is 54.8 Å². The van der Waals surface area contributed by atoms with Crippen molar-refractivity contribution in [2.45, 2.75) is 38.6 Å². The lowest BCUT2D eigenvalue weighted by atomic mass is 9.73. The first-order valence-electron chi connectivity index (χ1n) is 9.03. The van der Waals surface area contributed by atoms with Crippen molar-refractivity contribution in [2.75, 3.05) is 20.6 Å². The molecule has 0 aliphatic heterocycles. The average Bonchev–Trinajstić information content (AvgIpc) is 3.09. The van der Waals surface area contributed by atoms with Gasteiger partial charge in [-0.3, -0.25) is 4.79 Å². The Balaban J connectivity index is 1.64. The van der Waals surface area contributed by atoms with E-state index >= 15 is 0 Å². The molecule has 1 saturated carbocycles. The SMILES string of the molecule is CN(C)CC1(C(=O)NCc2cc(-c3ccccc3)on2)CCCCC1. The summed E-state index contributed by atoms with van der Waals surface area (Å²) in [5, 5.41) is 7.18. The Morgan fingerprint density at radius 3 is 2.60 bits per heavy atom. The fraction of sp³-hybridized carbons (Fsp3) is 0.500. The summed E-state index contributed by atoms with van der Waals surface area (Å²) in [6, 6.07) is 11.8. The monoisotopic (exact) mass is 341 g/mol. The van der Waals surface area contributed by atoms with Gasteiger partial charge in [0, 0.05) is 18.2 Å². The highest BCUT2D eigenvalue weighted by atomic mass is 16.5. The number of hydrogen-bond donors (Lipinski definition) is 1. The quantitative estimate of drug-likeness (QED) is 0.874. The summed E-state index contributed by atoms with van der Waals surface area (Å²) in [5.41, 5.74) is 1.47. The van der Waals surface area contributed by atoms with Crippen molar-refractivity contribution >= 4 is 5.91 Å². The molecule has 2 aromatic rings. The zero-order chi connectivity index (χ0) is 17.7. The van der Waals surface area contributed by atoms with Gasteiger partial charge in [-0.15, -0.1) is 0 Å². The maximum absolute atomic E-state index is 12.9. The maximum atomic E-state index is 12.9. The van der Waals surface area contributed by atoms with Crippen LogP contribution < -0.4 is 5.32 Å². The molecule has 5 nitrogen and oxygen atoms in total. The van der Waals surface area contributed by atoms with Crippen molar-refractivity contribution in [2.24, 2.45) is 5.41 Å². The summed E-state index contributed by atoms with van der Waals surface area (Å²) >= 11 is 0. The van der Waals surface area contributed by atoms with Crippen molar-refractivity contribution < 1.29 is 9.32 Å². The van der Waals surface area contributed by atoms with Crippen molar-refractivity contribution in [1.82, 2.24) is 15.4 Å². The van der Waals surface area contributed by atoms with Crippen LogP contribution in [0, 0.1) is 5.41 Å². The van der Waals surface area contributed by atoms with Crippen LogP contribution in [-0.2, 0) is 11.3 Å². The molecular weight excluding hydrogens is 314 g/mol. The first kappa shape index (κ1) is 17.7. The van der Waals surface area contributed by atoms with Crippen molar-refractivity contribution in [3.8, 4) is 11.3 Å². The Labute approximate surface area is 149 Å². The number of carbonyl (C=O) groups excluding carboxylic acids is 1. The second kappa shape index (κ2) is 7.83. The molecule has 0 bridgehead atoms. The molecule has 0 saturated heterocycles. The van der Waals surface area contributed by atoms with Gasteiger partial charge in [-0.05, 0) is 26.9 Å². The largest absolute Gasteiger partial charge is 0.356 e. The minimum atomic E-state index is -0.270. The number of aromatic nitrogens is 1. The van der Waals surface area contributed by atoms with Gasteiger partial charge in [-0.2, -0.15) is 0 Å². The predicted octanol–water partition coefficient (Wildman–Crippen LogP) is 3.47. The number of hydrogen-bond acceptors (Lipinski definition) is 4. The van der Waals surface area contributed by atoms with Gasteiger partial charge in [0.1, 0.15) is 5.69 Å². The van der Waals surface area contributed by atoms with Crippen molar-refractivity contribution in [3.05, 3.63) is 42.1 Å².